The molecule has 2 aromatic carbocycles. The van der Waals surface area contributed by atoms with Crippen molar-refractivity contribution in [2.24, 2.45) is 0 Å². The predicted octanol–water partition coefficient (Wildman–Crippen LogP) is 3.19. The van der Waals surface area contributed by atoms with Gasteiger partial charge in [-0.1, -0.05) is 30.3 Å². The first-order chi connectivity index (χ1) is 10.8. The van der Waals surface area contributed by atoms with Crippen LogP contribution < -0.4 is 4.74 Å². The van der Waals surface area contributed by atoms with Gasteiger partial charge in [-0.05, 0) is 35.9 Å². The first-order valence-corrected chi connectivity index (χ1v) is 7.27. The van der Waals surface area contributed by atoms with Crippen LogP contribution in [0.25, 0.3) is 11.3 Å². The second-order valence-electron chi connectivity index (χ2n) is 5.04. The summed E-state index contributed by atoms with van der Waals surface area (Å²) in [7, 11) is 0. The van der Waals surface area contributed by atoms with Crippen LogP contribution in [-0.2, 0) is 13.0 Å². The molecular formula is C18H18N2O2. The van der Waals surface area contributed by atoms with E-state index in [2.05, 4.69) is 22.3 Å². The van der Waals surface area contributed by atoms with Crippen molar-refractivity contribution < 1.29 is 9.84 Å². The third-order valence-electron chi connectivity index (χ3n) is 3.45. The van der Waals surface area contributed by atoms with Crippen LogP contribution in [0.15, 0.2) is 60.7 Å². The third-order valence-corrected chi connectivity index (χ3v) is 3.45. The van der Waals surface area contributed by atoms with Gasteiger partial charge in [0, 0.05) is 12.0 Å². The van der Waals surface area contributed by atoms with Crippen molar-refractivity contribution in [2.45, 2.75) is 13.0 Å². The molecule has 0 unspecified atom stereocenters. The van der Waals surface area contributed by atoms with Crippen LogP contribution in [0.2, 0.25) is 0 Å². The third kappa shape index (κ3) is 3.54. The lowest BCUT2D eigenvalue weighted by Gasteiger charge is -2.06. The number of ether oxygens (including phenoxy) is 1. The van der Waals surface area contributed by atoms with E-state index in [-0.39, 0.29) is 6.61 Å². The van der Waals surface area contributed by atoms with E-state index in [1.54, 1.807) is 0 Å². The Morgan fingerprint density at radius 2 is 1.77 bits per heavy atom. The smallest absolute Gasteiger partial charge is 0.119 e. The lowest BCUT2D eigenvalue weighted by atomic mass is 10.1. The second kappa shape index (κ2) is 6.91. The van der Waals surface area contributed by atoms with Gasteiger partial charge in [0.05, 0.1) is 24.6 Å². The quantitative estimate of drug-likeness (QED) is 0.734. The SMILES string of the molecule is OCc1cc(-c2ccc(OCCc3ccccc3)cc2)n[nH]1. The van der Waals surface area contributed by atoms with Gasteiger partial charge in [-0.3, -0.25) is 5.10 Å². The minimum absolute atomic E-state index is 0.0340. The van der Waals surface area contributed by atoms with Crippen molar-refractivity contribution in [1.82, 2.24) is 10.2 Å². The predicted molar refractivity (Wildman–Crippen MR) is 85.6 cm³/mol. The molecule has 2 N–H and O–H groups in total. The fourth-order valence-corrected chi connectivity index (χ4v) is 2.24. The molecule has 0 bridgehead atoms. The summed E-state index contributed by atoms with van der Waals surface area (Å²) in [6, 6.07) is 19.9. The van der Waals surface area contributed by atoms with Crippen molar-refractivity contribution >= 4 is 0 Å². The zero-order valence-electron chi connectivity index (χ0n) is 12.2. The Labute approximate surface area is 129 Å². The van der Waals surface area contributed by atoms with E-state index in [0.29, 0.717) is 12.3 Å². The topological polar surface area (TPSA) is 58.1 Å². The average molecular weight is 294 g/mol. The zero-order chi connectivity index (χ0) is 15.2. The molecular weight excluding hydrogens is 276 g/mol. The molecule has 22 heavy (non-hydrogen) atoms. The van der Waals surface area contributed by atoms with E-state index < -0.39 is 0 Å². The average Bonchev–Trinajstić information content (AvgIpc) is 3.06. The Hall–Kier alpha value is -2.59. The van der Waals surface area contributed by atoms with E-state index >= 15 is 0 Å². The summed E-state index contributed by atoms with van der Waals surface area (Å²) < 4.78 is 5.76. The highest BCUT2D eigenvalue weighted by Crippen LogP contribution is 2.21. The normalized spacial score (nSPS) is 10.6. The second-order valence-corrected chi connectivity index (χ2v) is 5.04. The zero-order valence-corrected chi connectivity index (χ0v) is 12.2. The van der Waals surface area contributed by atoms with Crippen molar-refractivity contribution in [3.8, 4) is 17.0 Å². The number of aliphatic hydroxyl groups is 1. The van der Waals surface area contributed by atoms with Crippen LogP contribution >= 0.6 is 0 Å². The van der Waals surface area contributed by atoms with Gasteiger partial charge >= 0.3 is 0 Å². The van der Waals surface area contributed by atoms with E-state index in [9.17, 15) is 0 Å². The van der Waals surface area contributed by atoms with Gasteiger partial charge in [-0.25, -0.2) is 0 Å². The molecule has 0 aliphatic carbocycles. The summed E-state index contributed by atoms with van der Waals surface area (Å²) >= 11 is 0. The van der Waals surface area contributed by atoms with Crippen LogP contribution in [0.5, 0.6) is 5.75 Å². The molecule has 1 aromatic heterocycles. The molecule has 0 aliphatic heterocycles. The standard InChI is InChI=1S/C18H18N2O2/c21-13-16-12-18(20-19-16)15-6-8-17(9-7-15)22-11-10-14-4-2-1-3-5-14/h1-9,12,21H,10-11,13H2,(H,19,20). The van der Waals surface area contributed by atoms with Gasteiger partial charge in [0.15, 0.2) is 0 Å². The summed E-state index contributed by atoms with van der Waals surface area (Å²) in [5, 5.41) is 16.0. The van der Waals surface area contributed by atoms with Crippen LogP contribution in [0.4, 0.5) is 0 Å². The number of hydrogen-bond acceptors (Lipinski definition) is 3. The van der Waals surface area contributed by atoms with Gasteiger partial charge in [0.2, 0.25) is 0 Å². The van der Waals surface area contributed by atoms with Gasteiger partial charge < -0.3 is 9.84 Å². The Bertz CT molecular complexity index is 705. The van der Waals surface area contributed by atoms with E-state index in [0.717, 1.165) is 23.4 Å². The van der Waals surface area contributed by atoms with Crippen molar-refractivity contribution in [2.75, 3.05) is 6.61 Å². The number of aliphatic hydroxyl groups excluding tert-OH is 1. The maximum Gasteiger partial charge on any atom is 0.119 e. The maximum absolute atomic E-state index is 9.04. The summed E-state index contributed by atoms with van der Waals surface area (Å²) in [5.41, 5.74) is 3.79. The van der Waals surface area contributed by atoms with E-state index in [4.69, 9.17) is 9.84 Å². The highest BCUT2D eigenvalue weighted by Gasteiger charge is 2.03. The van der Waals surface area contributed by atoms with Crippen LogP contribution in [0.1, 0.15) is 11.3 Å². The number of H-pyrrole nitrogens is 1. The minimum Gasteiger partial charge on any atom is -0.493 e. The molecule has 0 spiro atoms. The number of nitrogens with one attached hydrogen (secondary N) is 1. The lowest BCUT2D eigenvalue weighted by Crippen LogP contribution is -2.00. The molecule has 0 aliphatic rings. The molecule has 0 amide bonds. The molecule has 0 fully saturated rings. The number of nitrogens with zero attached hydrogens (tertiary/aromatic N) is 1. The first kappa shape index (κ1) is 14.4. The molecule has 4 nitrogen and oxygen atoms in total. The van der Waals surface area contributed by atoms with E-state index in [1.165, 1.54) is 5.56 Å². The molecule has 0 saturated carbocycles. The lowest BCUT2D eigenvalue weighted by molar-refractivity contribution is 0.276. The summed E-state index contributed by atoms with van der Waals surface area (Å²) in [4.78, 5) is 0. The largest absolute Gasteiger partial charge is 0.493 e. The molecule has 0 atom stereocenters. The van der Waals surface area contributed by atoms with Crippen LogP contribution in [-0.4, -0.2) is 21.9 Å². The first-order valence-electron chi connectivity index (χ1n) is 7.27. The van der Waals surface area contributed by atoms with Gasteiger partial charge in [-0.2, -0.15) is 5.10 Å². The van der Waals surface area contributed by atoms with Crippen molar-refractivity contribution in [3.05, 3.63) is 71.9 Å². The monoisotopic (exact) mass is 294 g/mol. The summed E-state index contributed by atoms with van der Waals surface area (Å²) in [6.07, 6.45) is 0.891. The van der Waals surface area contributed by atoms with E-state index in [1.807, 2.05) is 48.5 Å². The Balaban J connectivity index is 1.57. The Morgan fingerprint density at radius 3 is 2.45 bits per heavy atom. The number of rotatable bonds is 6. The fraction of sp³-hybridized carbons (Fsp3) is 0.167. The highest BCUT2D eigenvalue weighted by atomic mass is 16.5. The number of hydrogen-bond donors (Lipinski definition) is 2. The van der Waals surface area contributed by atoms with Crippen LogP contribution in [0.3, 0.4) is 0 Å². The molecule has 3 aromatic rings. The number of aromatic amines is 1. The number of benzene rings is 2. The highest BCUT2D eigenvalue weighted by molar-refractivity contribution is 5.60. The summed E-state index contributed by atoms with van der Waals surface area (Å²) in [6.45, 7) is 0.619. The Morgan fingerprint density at radius 1 is 1.00 bits per heavy atom. The van der Waals surface area contributed by atoms with Crippen molar-refractivity contribution in [1.29, 1.82) is 0 Å². The molecule has 4 heteroatoms. The van der Waals surface area contributed by atoms with Gasteiger partial charge in [0.25, 0.3) is 0 Å². The molecule has 3 rings (SSSR count). The fourth-order valence-electron chi connectivity index (χ4n) is 2.24. The number of aromatic nitrogens is 2. The molecule has 0 radical (unpaired) electrons. The molecule has 1 heterocycles. The van der Waals surface area contributed by atoms with Gasteiger partial charge in [-0.15, -0.1) is 0 Å². The Kier molecular flexibility index (Phi) is 4.51. The summed E-state index contributed by atoms with van der Waals surface area (Å²) in [5.74, 6) is 0.845. The maximum atomic E-state index is 9.04. The molecule has 112 valence electrons. The van der Waals surface area contributed by atoms with Gasteiger partial charge in [0.1, 0.15) is 5.75 Å². The minimum atomic E-state index is -0.0340. The molecule has 0 saturated heterocycles. The van der Waals surface area contributed by atoms with Crippen LogP contribution in [0, 0.1) is 0 Å². The van der Waals surface area contributed by atoms with Crippen molar-refractivity contribution in [3.63, 3.8) is 0 Å².